The number of aryl methyl sites for hydroxylation is 1. The molecule has 2 heterocycles. The molecule has 2 rings (SSSR count). The van der Waals surface area contributed by atoms with Crippen LogP contribution in [-0.4, -0.2) is 42.0 Å². The van der Waals surface area contributed by atoms with Gasteiger partial charge in [0.05, 0.1) is 10.8 Å². The van der Waals surface area contributed by atoms with Crippen molar-refractivity contribution in [2.75, 3.05) is 31.1 Å². The highest BCUT2D eigenvalue weighted by Gasteiger charge is 2.30. The van der Waals surface area contributed by atoms with E-state index in [9.17, 15) is 14.9 Å². The van der Waals surface area contributed by atoms with Crippen molar-refractivity contribution in [2.24, 2.45) is 11.7 Å². The Kier molecular flexibility index (Phi) is 5.26. The van der Waals surface area contributed by atoms with Gasteiger partial charge in [-0.3, -0.25) is 14.9 Å². The zero-order valence-electron chi connectivity index (χ0n) is 12.6. The third kappa shape index (κ3) is 3.70. The Labute approximate surface area is 128 Å². The predicted octanol–water partition coefficient (Wildman–Crippen LogP) is 0.590. The first-order chi connectivity index (χ1) is 10.5. The molecule has 0 aliphatic carbocycles. The van der Waals surface area contributed by atoms with Gasteiger partial charge in [0.15, 0.2) is 0 Å². The molecule has 1 atom stereocenters. The maximum Gasteiger partial charge on any atom is 0.311 e. The minimum atomic E-state index is -0.431. The van der Waals surface area contributed by atoms with Crippen LogP contribution in [0.1, 0.15) is 18.5 Å². The minimum Gasteiger partial charge on any atom is -0.355 e. The van der Waals surface area contributed by atoms with Crippen LogP contribution < -0.4 is 16.0 Å². The van der Waals surface area contributed by atoms with Gasteiger partial charge in [-0.2, -0.15) is 0 Å². The van der Waals surface area contributed by atoms with Gasteiger partial charge in [-0.25, -0.2) is 4.98 Å². The average Bonchev–Trinajstić information content (AvgIpc) is 2.52. The van der Waals surface area contributed by atoms with Crippen LogP contribution in [0.3, 0.4) is 0 Å². The lowest BCUT2D eigenvalue weighted by Crippen LogP contribution is -2.44. The molecule has 1 aliphatic heterocycles. The maximum atomic E-state index is 12.1. The van der Waals surface area contributed by atoms with Crippen LogP contribution in [0.15, 0.2) is 12.1 Å². The summed E-state index contributed by atoms with van der Waals surface area (Å²) >= 11 is 0. The quantitative estimate of drug-likeness (QED) is 0.608. The van der Waals surface area contributed by atoms with Crippen molar-refractivity contribution in [3.05, 3.63) is 27.9 Å². The largest absolute Gasteiger partial charge is 0.355 e. The Hall–Kier alpha value is -2.22. The second-order valence-corrected chi connectivity index (χ2v) is 5.42. The molecule has 0 radical (unpaired) electrons. The van der Waals surface area contributed by atoms with Crippen LogP contribution >= 0.6 is 0 Å². The Morgan fingerprint density at radius 3 is 3.05 bits per heavy atom. The summed E-state index contributed by atoms with van der Waals surface area (Å²) in [5.41, 5.74) is 6.08. The van der Waals surface area contributed by atoms with Gasteiger partial charge in [0.25, 0.3) is 0 Å². The molecule has 0 spiro atoms. The van der Waals surface area contributed by atoms with Crippen molar-refractivity contribution >= 4 is 17.4 Å². The second kappa shape index (κ2) is 7.17. The summed E-state index contributed by atoms with van der Waals surface area (Å²) in [6, 6.07) is 3.09. The van der Waals surface area contributed by atoms with E-state index in [4.69, 9.17) is 5.73 Å². The summed E-state index contributed by atoms with van der Waals surface area (Å²) in [6.07, 6.45) is 1.57. The highest BCUT2D eigenvalue weighted by Crippen LogP contribution is 2.29. The van der Waals surface area contributed by atoms with Crippen molar-refractivity contribution < 1.29 is 9.72 Å². The first kappa shape index (κ1) is 16.2. The summed E-state index contributed by atoms with van der Waals surface area (Å²) in [5, 5.41) is 14.0. The summed E-state index contributed by atoms with van der Waals surface area (Å²) < 4.78 is 0. The number of carbonyl (C=O) groups excluding carboxylic acids is 1. The molecule has 1 aliphatic rings. The van der Waals surface area contributed by atoms with E-state index >= 15 is 0 Å². The highest BCUT2D eigenvalue weighted by molar-refractivity contribution is 5.79. The molecule has 3 N–H and O–H groups in total. The van der Waals surface area contributed by atoms with Gasteiger partial charge in [-0.1, -0.05) is 0 Å². The molecule has 0 aromatic carbocycles. The van der Waals surface area contributed by atoms with Gasteiger partial charge >= 0.3 is 5.69 Å². The number of carbonyl (C=O) groups is 1. The van der Waals surface area contributed by atoms with Crippen molar-refractivity contribution in [1.29, 1.82) is 0 Å². The molecular formula is C14H21N5O3. The molecule has 1 saturated heterocycles. The first-order valence-corrected chi connectivity index (χ1v) is 7.37. The Bertz CT molecular complexity index is 563. The SMILES string of the molecule is Cc1ccc([N+](=O)[O-])c(N2CCCC(C(=O)NCCN)C2)n1. The Morgan fingerprint density at radius 1 is 1.59 bits per heavy atom. The number of amides is 1. The summed E-state index contributed by atoms with van der Waals surface area (Å²) in [7, 11) is 0. The minimum absolute atomic E-state index is 0.0198. The predicted molar refractivity (Wildman–Crippen MR) is 82.6 cm³/mol. The number of pyridine rings is 1. The fourth-order valence-electron chi connectivity index (χ4n) is 2.63. The third-order valence-corrected chi connectivity index (χ3v) is 3.73. The van der Waals surface area contributed by atoms with Gasteiger partial charge < -0.3 is 16.0 Å². The number of nitrogens with one attached hydrogen (secondary N) is 1. The highest BCUT2D eigenvalue weighted by atomic mass is 16.6. The van der Waals surface area contributed by atoms with Gasteiger partial charge in [0.2, 0.25) is 11.7 Å². The molecule has 1 fully saturated rings. The molecule has 1 unspecified atom stereocenters. The second-order valence-electron chi connectivity index (χ2n) is 5.42. The zero-order chi connectivity index (χ0) is 16.1. The number of anilines is 1. The number of nitro groups is 1. The first-order valence-electron chi connectivity index (χ1n) is 7.37. The van der Waals surface area contributed by atoms with E-state index in [1.807, 2.05) is 4.90 Å². The molecule has 1 aromatic rings. The lowest BCUT2D eigenvalue weighted by molar-refractivity contribution is -0.384. The van der Waals surface area contributed by atoms with E-state index in [1.54, 1.807) is 13.0 Å². The summed E-state index contributed by atoms with van der Waals surface area (Å²) in [6.45, 7) is 3.74. The van der Waals surface area contributed by atoms with Crippen LogP contribution in [0.4, 0.5) is 11.5 Å². The number of nitrogens with two attached hydrogens (primary N) is 1. The van der Waals surface area contributed by atoms with Crippen molar-refractivity contribution in [2.45, 2.75) is 19.8 Å². The molecule has 22 heavy (non-hydrogen) atoms. The molecule has 0 saturated carbocycles. The van der Waals surface area contributed by atoms with Crippen LogP contribution in [0.5, 0.6) is 0 Å². The molecule has 0 bridgehead atoms. The van der Waals surface area contributed by atoms with Gasteiger partial charge in [0, 0.05) is 37.9 Å². The monoisotopic (exact) mass is 307 g/mol. The number of nitrogens with zero attached hydrogens (tertiary/aromatic N) is 3. The topological polar surface area (TPSA) is 114 Å². The van der Waals surface area contributed by atoms with Gasteiger partial charge in [0.1, 0.15) is 0 Å². The molecule has 8 nitrogen and oxygen atoms in total. The fourth-order valence-corrected chi connectivity index (χ4v) is 2.63. The average molecular weight is 307 g/mol. The van der Waals surface area contributed by atoms with Crippen LogP contribution in [0.25, 0.3) is 0 Å². The number of hydrogen-bond donors (Lipinski definition) is 2. The molecular weight excluding hydrogens is 286 g/mol. The van der Waals surface area contributed by atoms with Crippen molar-refractivity contribution in [3.8, 4) is 0 Å². The zero-order valence-corrected chi connectivity index (χ0v) is 12.6. The summed E-state index contributed by atoms with van der Waals surface area (Å²) in [5.74, 6) is 0.106. The van der Waals surface area contributed by atoms with Crippen LogP contribution in [-0.2, 0) is 4.79 Å². The third-order valence-electron chi connectivity index (χ3n) is 3.73. The Morgan fingerprint density at radius 2 is 2.36 bits per heavy atom. The Balaban J connectivity index is 2.17. The number of aromatic nitrogens is 1. The smallest absolute Gasteiger partial charge is 0.311 e. The van der Waals surface area contributed by atoms with Crippen molar-refractivity contribution in [3.63, 3.8) is 0 Å². The van der Waals surface area contributed by atoms with Crippen LogP contribution in [0.2, 0.25) is 0 Å². The molecule has 1 aromatic heterocycles. The maximum absolute atomic E-state index is 12.1. The molecule has 120 valence electrons. The van der Waals surface area contributed by atoms with Gasteiger partial charge in [-0.05, 0) is 25.8 Å². The van der Waals surface area contributed by atoms with Crippen molar-refractivity contribution in [1.82, 2.24) is 10.3 Å². The van der Waals surface area contributed by atoms with E-state index in [1.165, 1.54) is 6.07 Å². The summed E-state index contributed by atoms with van der Waals surface area (Å²) in [4.78, 5) is 29.0. The lowest BCUT2D eigenvalue weighted by Gasteiger charge is -2.32. The van der Waals surface area contributed by atoms with E-state index in [0.717, 1.165) is 18.5 Å². The number of rotatable bonds is 5. The van der Waals surface area contributed by atoms with E-state index < -0.39 is 4.92 Å². The van der Waals surface area contributed by atoms with Crippen LogP contribution in [0, 0.1) is 23.0 Å². The lowest BCUT2D eigenvalue weighted by atomic mass is 9.97. The van der Waals surface area contributed by atoms with E-state index in [-0.39, 0.29) is 17.5 Å². The number of piperidine rings is 1. The normalized spacial score (nSPS) is 18.1. The van der Waals surface area contributed by atoms with E-state index in [2.05, 4.69) is 10.3 Å². The number of hydrogen-bond acceptors (Lipinski definition) is 6. The molecule has 1 amide bonds. The van der Waals surface area contributed by atoms with Gasteiger partial charge in [-0.15, -0.1) is 0 Å². The molecule has 8 heteroatoms. The van der Waals surface area contributed by atoms with E-state index in [0.29, 0.717) is 32.0 Å². The fraction of sp³-hybridized carbons (Fsp3) is 0.571. The standard InChI is InChI=1S/C14H21N5O3/c1-10-4-5-12(19(21)22)13(17-10)18-8-2-3-11(9-18)14(20)16-7-6-15/h4-5,11H,2-3,6-9,15H2,1H3,(H,16,20).